The number of nitrogens with zero attached hydrogens (tertiary/aromatic N) is 2. The average molecular weight is 776 g/mol. The average Bonchev–Trinajstić information content (AvgIpc) is 4.02. The van der Waals surface area contributed by atoms with Crippen LogP contribution in [0.4, 0.5) is 0 Å². The van der Waals surface area contributed by atoms with Gasteiger partial charge in [-0.2, -0.15) is 0 Å². The van der Waals surface area contributed by atoms with Crippen LogP contribution in [0.5, 0.6) is 5.88 Å². The molecule has 3 heterocycles. The van der Waals surface area contributed by atoms with Gasteiger partial charge in [0.1, 0.15) is 12.2 Å². The third-order valence-corrected chi connectivity index (χ3v) is 14.3. The Morgan fingerprint density at radius 1 is 1.05 bits per heavy atom. The summed E-state index contributed by atoms with van der Waals surface area (Å²) in [7, 11) is -3.87. The maximum absolute atomic E-state index is 14.8. The number of aromatic nitrogens is 1. The Labute approximate surface area is 322 Å². The summed E-state index contributed by atoms with van der Waals surface area (Å²) in [6.07, 6.45) is 9.44. The highest BCUT2D eigenvalue weighted by atomic mass is 32.2. The highest BCUT2D eigenvalue weighted by Gasteiger charge is 2.61. The highest BCUT2D eigenvalue weighted by molar-refractivity contribution is 7.90. The summed E-state index contributed by atoms with van der Waals surface area (Å²) in [5, 5.41) is 0.634. The first kappa shape index (κ1) is 39.0. The fraction of sp³-hybridized carbons (Fsp3) is 0.595. The van der Waals surface area contributed by atoms with E-state index in [1.165, 1.54) is 4.90 Å². The Morgan fingerprint density at radius 2 is 1.82 bits per heavy atom. The van der Waals surface area contributed by atoms with Crippen LogP contribution in [-0.4, -0.2) is 71.5 Å². The summed E-state index contributed by atoms with van der Waals surface area (Å²) in [5.41, 5.74) is -2.20. The lowest BCUT2D eigenvalue weighted by Gasteiger charge is -2.35. The van der Waals surface area contributed by atoms with Gasteiger partial charge in [0.2, 0.25) is 21.8 Å². The molecule has 2 aliphatic heterocycles. The van der Waals surface area contributed by atoms with Crippen LogP contribution in [0.3, 0.4) is 0 Å². The number of carbonyl (C=O) groups excluding carboxylic acids is 4. The van der Waals surface area contributed by atoms with Crippen molar-refractivity contribution in [2.75, 3.05) is 6.54 Å². The first-order chi connectivity index (χ1) is 26.1. The van der Waals surface area contributed by atoms with E-state index in [2.05, 4.69) is 17.4 Å². The van der Waals surface area contributed by atoms with Crippen molar-refractivity contribution in [2.24, 2.45) is 28.6 Å². The Bertz CT molecular complexity index is 2080. The Hall–Kier alpha value is -4.26. The fourth-order valence-electron chi connectivity index (χ4n) is 8.86. The maximum atomic E-state index is 14.8. The summed E-state index contributed by atoms with van der Waals surface area (Å²) in [6, 6.07) is 8.07. The fourth-order valence-corrected chi connectivity index (χ4v) is 10.2. The number of hydrogen-bond acceptors (Lipinski definition) is 9. The smallest absolute Gasteiger partial charge is 0.306 e. The van der Waals surface area contributed by atoms with Gasteiger partial charge in [0.25, 0.3) is 5.56 Å². The van der Waals surface area contributed by atoms with E-state index in [0.29, 0.717) is 42.5 Å². The van der Waals surface area contributed by atoms with Crippen LogP contribution in [0.25, 0.3) is 10.8 Å². The number of rotatable bonds is 7. The van der Waals surface area contributed by atoms with E-state index in [-0.39, 0.29) is 49.8 Å². The Kier molecular flexibility index (Phi) is 10.6. The quantitative estimate of drug-likeness (QED) is 0.294. The number of amides is 2. The van der Waals surface area contributed by atoms with E-state index in [1.54, 1.807) is 16.7 Å². The van der Waals surface area contributed by atoms with Crippen molar-refractivity contribution in [1.29, 1.82) is 0 Å². The molecule has 12 nitrogen and oxygen atoms in total. The molecule has 1 unspecified atom stereocenters. The van der Waals surface area contributed by atoms with E-state index >= 15 is 0 Å². The minimum Gasteiger partial charge on any atom is -0.473 e. The van der Waals surface area contributed by atoms with Crippen LogP contribution < -0.4 is 15.0 Å². The molecule has 0 radical (unpaired) electrons. The van der Waals surface area contributed by atoms with Gasteiger partial charge in [-0.1, -0.05) is 57.2 Å². The van der Waals surface area contributed by atoms with Crippen molar-refractivity contribution >= 4 is 44.4 Å². The summed E-state index contributed by atoms with van der Waals surface area (Å²) in [5.74, 6) is -2.76. The molecule has 7 atom stereocenters. The lowest BCUT2D eigenvalue weighted by atomic mass is 9.77. The topological polar surface area (TPSA) is 158 Å². The van der Waals surface area contributed by atoms with Crippen LogP contribution in [-0.2, 0) is 40.5 Å². The summed E-state index contributed by atoms with van der Waals surface area (Å²) < 4.78 is 42.1. The minimum atomic E-state index is -3.87. The normalized spacial score (nSPS) is 30.9. The van der Waals surface area contributed by atoms with E-state index in [4.69, 9.17) is 9.47 Å². The standard InChI is InChI=1S/C42H53N3O9S/c1-5-28-23-42(28,40(50)43-55(51,52)30-17-18-30)24-34(46)33-21-29-25-45(33)39(49)32(41(2,3)4)22-37(47)54-35-16-11-14-26(35)12-7-6-10-19-44-36(53-29)20-27-13-8-9-15-31(27)38(44)48/h5-9,13,15,20,26,28-30,32-33,35H,1,10-12,14,16-19,21-25H2,2-4H3,(H,43,50)/b7-6+/t26-,28+,29-,32?,33+,35-,42-/m1/s1. The molecule has 3 saturated carbocycles. The molecule has 2 bridgehead atoms. The molecule has 296 valence electrons. The largest absolute Gasteiger partial charge is 0.473 e. The summed E-state index contributed by atoms with van der Waals surface area (Å²) in [4.78, 5) is 71.9. The lowest BCUT2D eigenvalue weighted by molar-refractivity contribution is -0.158. The summed E-state index contributed by atoms with van der Waals surface area (Å²) >= 11 is 0. The van der Waals surface area contributed by atoms with Gasteiger partial charge in [0, 0.05) is 30.8 Å². The minimum absolute atomic E-state index is 0.00261. The van der Waals surface area contributed by atoms with Crippen molar-refractivity contribution < 1.29 is 37.1 Å². The summed E-state index contributed by atoms with van der Waals surface area (Å²) in [6.45, 7) is 9.81. The van der Waals surface area contributed by atoms with E-state index in [0.717, 1.165) is 25.7 Å². The van der Waals surface area contributed by atoms with Crippen LogP contribution >= 0.6 is 0 Å². The van der Waals surface area contributed by atoms with Crippen molar-refractivity contribution in [3.8, 4) is 5.88 Å². The second kappa shape index (κ2) is 15.0. The number of Topliss-reactive ketones (excluding diaryl/α,β-unsaturated/α-hetero) is 1. The molecule has 7 rings (SSSR count). The monoisotopic (exact) mass is 775 g/mol. The molecule has 2 amide bonds. The molecule has 2 aromatic rings. The van der Waals surface area contributed by atoms with Crippen LogP contribution in [0.15, 0.2) is 59.9 Å². The van der Waals surface area contributed by atoms with Gasteiger partial charge in [-0.05, 0) is 80.1 Å². The predicted octanol–water partition coefficient (Wildman–Crippen LogP) is 5.22. The van der Waals surface area contributed by atoms with Gasteiger partial charge < -0.3 is 14.4 Å². The Balaban J connectivity index is 1.24. The Morgan fingerprint density at radius 3 is 2.53 bits per heavy atom. The number of esters is 1. The number of benzene rings is 1. The number of fused-ring (bicyclic) bond motifs is 5. The second-order valence-electron chi connectivity index (χ2n) is 17.4. The third kappa shape index (κ3) is 8.04. The number of pyridine rings is 1. The number of hydrogen-bond donors (Lipinski definition) is 1. The molecule has 3 aliphatic carbocycles. The number of allylic oxidation sites excluding steroid dienone is 3. The number of ether oxygens (including phenoxy) is 2. The van der Waals surface area contributed by atoms with Gasteiger partial charge in [0.05, 0.1) is 35.6 Å². The SMILES string of the molecule is C=C[C@H]1C[C@]1(CC(=O)[C@@H]1C[C@@H]2CN1C(=O)C(C(C)(C)C)CC(=O)O[C@@H]1CCC[C@H]1C/C=C/CCn1c(cc3ccccc3c1=O)O2)C(=O)NS(=O)(=O)C1CC1. The molecule has 1 saturated heterocycles. The molecule has 1 aromatic carbocycles. The van der Waals surface area contributed by atoms with Crippen molar-refractivity contribution in [2.45, 2.75) is 121 Å². The molecule has 13 heteroatoms. The number of ketones is 1. The van der Waals surface area contributed by atoms with Crippen molar-refractivity contribution in [3.05, 3.63) is 65.5 Å². The molecular formula is C42H53N3O9S. The molecule has 0 spiro atoms. The van der Waals surface area contributed by atoms with Crippen LogP contribution in [0.2, 0.25) is 0 Å². The third-order valence-electron chi connectivity index (χ3n) is 12.5. The highest BCUT2D eigenvalue weighted by Crippen LogP contribution is 2.57. The predicted molar refractivity (Wildman–Crippen MR) is 206 cm³/mol. The van der Waals surface area contributed by atoms with Gasteiger partial charge in [-0.25, -0.2) is 8.42 Å². The van der Waals surface area contributed by atoms with Gasteiger partial charge in [0.15, 0.2) is 11.7 Å². The second-order valence-corrected chi connectivity index (χ2v) is 19.3. The van der Waals surface area contributed by atoms with Gasteiger partial charge in [-0.15, -0.1) is 6.58 Å². The van der Waals surface area contributed by atoms with Crippen molar-refractivity contribution in [3.63, 3.8) is 0 Å². The maximum Gasteiger partial charge on any atom is 0.306 e. The molecule has 1 aromatic heterocycles. The van der Waals surface area contributed by atoms with E-state index < -0.39 is 73.7 Å². The molecule has 4 fully saturated rings. The lowest BCUT2D eigenvalue weighted by Crippen LogP contribution is -2.48. The van der Waals surface area contributed by atoms with E-state index in [1.807, 2.05) is 51.1 Å². The molecule has 55 heavy (non-hydrogen) atoms. The van der Waals surface area contributed by atoms with Crippen molar-refractivity contribution in [1.82, 2.24) is 14.2 Å². The molecule has 5 aliphatic rings. The number of nitrogens with one attached hydrogen (secondary N) is 1. The first-order valence-electron chi connectivity index (χ1n) is 19.8. The van der Waals surface area contributed by atoms with Gasteiger partial charge >= 0.3 is 5.97 Å². The number of carbonyl (C=O) groups is 4. The zero-order chi connectivity index (χ0) is 39.3. The van der Waals surface area contributed by atoms with Gasteiger partial charge in [-0.3, -0.25) is 33.3 Å². The molecule has 1 N–H and O–H groups in total. The van der Waals surface area contributed by atoms with Crippen LogP contribution in [0.1, 0.15) is 91.4 Å². The zero-order valence-corrected chi connectivity index (χ0v) is 32.9. The van der Waals surface area contributed by atoms with E-state index in [9.17, 15) is 32.4 Å². The first-order valence-corrected chi connectivity index (χ1v) is 21.3. The molecular weight excluding hydrogens is 723 g/mol. The zero-order valence-electron chi connectivity index (χ0n) is 32.0. The number of sulfonamides is 1. The van der Waals surface area contributed by atoms with Crippen LogP contribution in [0, 0.1) is 28.6 Å².